The van der Waals surface area contributed by atoms with E-state index in [-0.39, 0.29) is 30.5 Å². The predicted octanol–water partition coefficient (Wildman–Crippen LogP) is 3.52. The van der Waals surface area contributed by atoms with E-state index in [1.54, 1.807) is 41.8 Å². The van der Waals surface area contributed by atoms with Gasteiger partial charge in [-0.15, -0.1) is 11.3 Å². The standard InChI is InChI=1S/C25H32N4O4S/c1-18-4-3-5-19(2)29(18)23(30)17-33-21-8-6-20(7-9-21)25(31)27-26-16-22-10-11-24(34-22)28-12-14-32-15-13-28/h6-11,16,18-19H,3-5,12-15,17H2,1-2H3,(H,27,31). The van der Waals surface area contributed by atoms with Crippen LogP contribution in [0.1, 0.15) is 48.3 Å². The van der Waals surface area contributed by atoms with Crippen molar-refractivity contribution in [1.29, 1.82) is 0 Å². The average molecular weight is 485 g/mol. The van der Waals surface area contributed by atoms with Crippen molar-refractivity contribution in [2.45, 2.75) is 45.2 Å². The maximum atomic E-state index is 12.6. The first-order valence-electron chi connectivity index (χ1n) is 11.8. The van der Waals surface area contributed by atoms with Crippen molar-refractivity contribution in [3.8, 4) is 5.75 Å². The Labute approximate surface area is 204 Å². The Kier molecular flexibility index (Phi) is 8.18. The number of thiophene rings is 1. The van der Waals surface area contributed by atoms with Gasteiger partial charge in [0.15, 0.2) is 6.61 Å². The Morgan fingerprint density at radius 1 is 1.12 bits per heavy atom. The zero-order valence-electron chi connectivity index (χ0n) is 19.7. The van der Waals surface area contributed by atoms with Gasteiger partial charge >= 0.3 is 0 Å². The van der Waals surface area contributed by atoms with Gasteiger partial charge in [0.2, 0.25) is 0 Å². The minimum absolute atomic E-state index is 0.00112. The van der Waals surface area contributed by atoms with Crippen molar-refractivity contribution in [1.82, 2.24) is 10.3 Å². The number of hydrogen-bond donors (Lipinski definition) is 1. The minimum atomic E-state index is -0.306. The molecule has 0 spiro atoms. The number of nitrogens with one attached hydrogen (secondary N) is 1. The molecule has 0 radical (unpaired) electrons. The molecule has 0 bridgehead atoms. The molecular formula is C25H32N4O4S. The first-order chi connectivity index (χ1) is 16.5. The summed E-state index contributed by atoms with van der Waals surface area (Å²) in [6.45, 7) is 7.44. The van der Waals surface area contributed by atoms with Crippen LogP contribution in [0.25, 0.3) is 0 Å². The van der Waals surface area contributed by atoms with Crippen LogP contribution in [0, 0.1) is 0 Å². The lowest BCUT2D eigenvalue weighted by atomic mass is 9.97. The fourth-order valence-corrected chi connectivity index (χ4v) is 5.35. The van der Waals surface area contributed by atoms with Crippen molar-refractivity contribution >= 4 is 34.4 Å². The van der Waals surface area contributed by atoms with Crippen molar-refractivity contribution < 1.29 is 19.1 Å². The molecule has 0 aliphatic carbocycles. The van der Waals surface area contributed by atoms with Gasteiger partial charge in [0, 0.05) is 35.6 Å². The number of hydrogen-bond acceptors (Lipinski definition) is 7. The third kappa shape index (κ3) is 6.15. The smallest absolute Gasteiger partial charge is 0.271 e. The molecule has 3 heterocycles. The van der Waals surface area contributed by atoms with Crippen LogP contribution in [0.5, 0.6) is 5.75 Å². The maximum absolute atomic E-state index is 12.6. The number of hydrazone groups is 1. The van der Waals surface area contributed by atoms with Crippen molar-refractivity contribution in [3.63, 3.8) is 0 Å². The van der Waals surface area contributed by atoms with E-state index in [2.05, 4.69) is 35.3 Å². The molecule has 8 nitrogen and oxygen atoms in total. The second-order valence-corrected chi connectivity index (χ2v) is 9.81. The summed E-state index contributed by atoms with van der Waals surface area (Å²) in [7, 11) is 0. The fourth-order valence-electron chi connectivity index (χ4n) is 4.42. The number of carbonyl (C=O) groups excluding carboxylic acids is 2. The van der Waals surface area contributed by atoms with E-state index in [0.29, 0.717) is 11.3 Å². The highest BCUT2D eigenvalue weighted by Crippen LogP contribution is 2.26. The van der Waals surface area contributed by atoms with Gasteiger partial charge in [-0.1, -0.05) is 0 Å². The maximum Gasteiger partial charge on any atom is 0.271 e. The second-order valence-electron chi connectivity index (χ2n) is 8.72. The van der Waals surface area contributed by atoms with Crippen LogP contribution < -0.4 is 15.1 Å². The summed E-state index contributed by atoms with van der Waals surface area (Å²) in [5.41, 5.74) is 3.03. The van der Waals surface area contributed by atoms with E-state index in [4.69, 9.17) is 9.47 Å². The van der Waals surface area contributed by atoms with Crippen LogP contribution in [0.2, 0.25) is 0 Å². The molecule has 182 valence electrons. The normalized spacial score (nSPS) is 21.0. The van der Waals surface area contributed by atoms with Gasteiger partial charge in [0.05, 0.1) is 24.4 Å². The highest BCUT2D eigenvalue weighted by molar-refractivity contribution is 7.17. The van der Waals surface area contributed by atoms with Crippen LogP contribution in [0.15, 0.2) is 41.5 Å². The number of ether oxygens (including phenoxy) is 2. The summed E-state index contributed by atoms with van der Waals surface area (Å²) in [5.74, 6) is 0.251. The van der Waals surface area contributed by atoms with Gasteiger partial charge < -0.3 is 19.3 Å². The van der Waals surface area contributed by atoms with Crippen molar-refractivity contribution in [3.05, 3.63) is 46.8 Å². The molecule has 2 aromatic rings. The molecule has 2 saturated heterocycles. The van der Waals surface area contributed by atoms with Gasteiger partial charge in [0.25, 0.3) is 11.8 Å². The number of carbonyl (C=O) groups is 2. The zero-order valence-corrected chi connectivity index (χ0v) is 20.6. The van der Waals surface area contributed by atoms with E-state index >= 15 is 0 Å². The summed E-state index contributed by atoms with van der Waals surface area (Å²) in [6.07, 6.45) is 4.87. The lowest BCUT2D eigenvalue weighted by Crippen LogP contribution is -2.49. The number of rotatable bonds is 7. The number of morpholine rings is 1. The molecule has 1 N–H and O–H groups in total. The number of likely N-dealkylation sites (tertiary alicyclic amines) is 1. The van der Waals surface area contributed by atoms with E-state index in [9.17, 15) is 9.59 Å². The molecule has 2 aliphatic heterocycles. The quantitative estimate of drug-likeness (QED) is 0.480. The Balaban J connectivity index is 1.24. The Morgan fingerprint density at radius 3 is 2.53 bits per heavy atom. The molecule has 1 aromatic carbocycles. The van der Waals surface area contributed by atoms with E-state index in [0.717, 1.165) is 50.4 Å². The summed E-state index contributed by atoms with van der Waals surface area (Å²) in [6, 6.07) is 11.3. The molecule has 34 heavy (non-hydrogen) atoms. The number of nitrogens with zero attached hydrogens (tertiary/aromatic N) is 3. The topological polar surface area (TPSA) is 83.5 Å². The van der Waals surface area contributed by atoms with Gasteiger partial charge in [-0.05, 0) is 69.5 Å². The molecule has 0 saturated carbocycles. The monoisotopic (exact) mass is 484 g/mol. The van der Waals surface area contributed by atoms with Crippen molar-refractivity contribution in [2.75, 3.05) is 37.8 Å². The minimum Gasteiger partial charge on any atom is -0.484 e. The summed E-state index contributed by atoms with van der Waals surface area (Å²) in [4.78, 5) is 30.2. The summed E-state index contributed by atoms with van der Waals surface area (Å²) < 4.78 is 11.1. The lowest BCUT2D eigenvalue weighted by Gasteiger charge is -2.38. The molecule has 1 aromatic heterocycles. The molecule has 2 aliphatic rings. The molecular weight excluding hydrogens is 452 g/mol. The summed E-state index contributed by atoms with van der Waals surface area (Å²) >= 11 is 1.63. The van der Waals surface area contributed by atoms with E-state index < -0.39 is 0 Å². The number of amides is 2. The number of piperidine rings is 1. The lowest BCUT2D eigenvalue weighted by molar-refractivity contribution is -0.139. The number of anilines is 1. The Morgan fingerprint density at radius 2 is 1.82 bits per heavy atom. The largest absolute Gasteiger partial charge is 0.484 e. The molecule has 2 atom stereocenters. The molecule has 2 amide bonds. The summed E-state index contributed by atoms with van der Waals surface area (Å²) in [5, 5.41) is 5.26. The van der Waals surface area contributed by atoms with Gasteiger partial charge in [-0.25, -0.2) is 5.43 Å². The highest BCUT2D eigenvalue weighted by Gasteiger charge is 2.29. The van der Waals surface area contributed by atoms with Crippen LogP contribution in [-0.2, 0) is 9.53 Å². The fraction of sp³-hybridized carbons (Fsp3) is 0.480. The van der Waals surface area contributed by atoms with Crippen LogP contribution in [0.3, 0.4) is 0 Å². The highest BCUT2D eigenvalue weighted by atomic mass is 32.1. The molecule has 2 unspecified atom stereocenters. The van der Waals surface area contributed by atoms with Crippen LogP contribution in [-0.4, -0.2) is 67.9 Å². The number of benzene rings is 1. The van der Waals surface area contributed by atoms with E-state index in [1.165, 1.54) is 5.00 Å². The SMILES string of the molecule is CC1CCCC(C)N1C(=O)COc1ccc(C(=O)NN=Cc2ccc(N3CCOCC3)s2)cc1. The Bertz CT molecular complexity index is 991. The van der Waals surface area contributed by atoms with Crippen molar-refractivity contribution in [2.24, 2.45) is 5.10 Å². The van der Waals surface area contributed by atoms with Gasteiger partial charge in [-0.2, -0.15) is 5.10 Å². The Hall–Kier alpha value is -2.91. The van der Waals surface area contributed by atoms with Crippen LogP contribution >= 0.6 is 11.3 Å². The third-order valence-corrected chi connectivity index (χ3v) is 7.33. The van der Waals surface area contributed by atoms with Gasteiger partial charge in [0.1, 0.15) is 5.75 Å². The van der Waals surface area contributed by atoms with Crippen LogP contribution in [0.4, 0.5) is 5.00 Å². The first-order valence-corrected chi connectivity index (χ1v) is 12.6. The molecule has 9 heteroatoms. The van der Waals surface area contributed by atoms with Gasteiger partial charge in [-0.3, -0.25) is 9.59 Å². The third-order valence-electron chi connectivity index (χ3n) is 6.25. The molecule has 2 fully saturated rings. The zero-order chi connectivity index (χ0) is 23.9. The first kappa shape index (κ1) is 24.2. The predicted molar refractivity (Wildman–Crippen MR) is 134 cm³/mol. The average Bonchev–Trinajstić information content (AvgIpc) is 3.32. The second kappa shape index (κ2) is 11.5. The van der Waals surface area contributed by atoms with E-state index in [1.807, 2.05) is 11.0 Å². The molecule has 4 rings (SSSR count).